The van der Waals surface area contributed by atoms with E-state index in [-0.39, 0.29) is 29.4 Å². The lowest BCUT2D eigenvalue weighted by Gasteiger charge is -2.35. The number of ether oxygens (including phenoxy) is 1. The number of aromatic nitrogens is 2. The quantitative estimate of drug-likeness (QED) is 0.669. The Kier molecular flexibility index (Phi) is 5.55. The predicted octanol–water partition coefficient (Wildman–Crippen LogP) is 2.16. The second-order valence-corrected chi connectivity index (χ2v) is 7.11. The number of morpholine rings is 1. The average Bonchev–Trinajstić information content (AvgIpc) is 2.59. The van der Waals surface area contributed by atoms with Crippen LogP contribution in [0.15, 0.2) is 46.3 Å². The van der Waals surface area contributed by atoms with Gasteiger partial charge in [-0.25, -0.2) is 4.98 Å². The van der Waals surface area contributed by atoms with E-state index in [2.05, 4.69) is 9.97 Å². The summed E-state index contributed by atoms with van der Waals surface area (Å²) in [4.78, 5) is 33.3. The van der Waals surface area contributed by atoms with E-state index in [9.17, 15) is 9.59 Å². The van der Waals surface area contributed by atoms with Crippen LogP contribution in [0.25, 0.3) is 11.3 Å². The van der Waals surface area contributed by atoms with E-state index in [1.165, 1.54) is 17.8 Å². The van der Waals surface area contributed by atoms with Crippen LogP contribution in [0.5, 0.6) is 0 Å². The van der Waals surface area contributed by atoms with Crippen LogP contribution in [0.3, 0.4) is 0 Å². The van der Waals surface area contributed by atoms with Gasteiger partial charge in [0.1, 0.15) is 0 Å². The van der Waals surface area contributed by atoms with Crippen LogP contribution in [0.4, 0.5) is 0 Å². The normalized spacial score (nSPS) is 20.5. The van der Waals surface area contributed by atoms with Gasteiger partial charge in [-0.2, -0.15) is 0 Å². The summed E-state index contributed by atoms with van der Waals surface area (Å²) in [5.74, 6) is 0.264. The van der Waals surface area contributed by atoms with Crippen molar-refractivity contribution < 1.29 is 9.53 Å². The molecule has 0 unspecified atom stereocenters. The lowest BCUT2D eigenvalue weighted by atomic mass is 10.1. The average molecular weight is 359 g/mol. The molecule has 1 aliphatic heterocycles. The van der Waals surface area contributed by atoms with Crippen LogP contribution in [-0.4, -0.2) is 51.8 Å². The molecule has 6 nitrogen and oxygen atoms in total. The highest BCUT2D eigenvalue weighted by molar-refractivity contribution is 7.99. The maximum absolute atomic E-state index is 12.4. The topological polar surface area (TPSA) is 75.3 Å². The molecule has 1 N–H and O–H groups in total. The Hall–Kier alpha value is -2.12. The molecule has 1 aliphatic rings. The van der Waals surface area contributed by atoms with Gasteiger partial charge in [-0.1, -0.05) is 42.1 Å². The Morgan fingerprint density at radius 3 is 2.64 bits per heavy atom. The highest BCUT2D eigenvalue weighted by Gasteiger charge is 2.25. The molecule has 1 saturated heterocycles. The van der Waals surface area contributed by atoms with Crippen molar-refractivity contribution in [2.24, 2.45) is 0 Å². The number of hydrogen-bond donors (Lipinski definition) is 1. The van der Waals surface area contributed by atoms with E-state index in [4.69, 9.17) is 4.74 Å². The van der Waals surface area contributed by atoms with Gasteiger partial charge >= 0.3 is 0 Å². The molecule has 0 spiro atoms. The maximum Gasteiger partial charge on any atom is 0.252 e. The minimum atomic E-state index is -0.225. The minimum Gasteiger partial charge on any atom is -0.372 e. The molecule has 1 fully saturated rings. The number of nitrogens with zero attached hydrogens (tertiary/aromatic N) is 2. The zero-order valence-corrected chi connectivity index (χ0v) is 15.1. The summed E-state index contributed by atoms with van der Waals surface area (Å²) in [6.07, 6.45) is 0.0779. The van der Waals surface area contributed by atoms with Crippen molar-refractivity contribution in [3.63, 3.8) is 0 Å². The molecule has 0 saturated carbocycles. The van der Waals surface area contributed by atoms with E-state index in [1.54, 1.807) is 0 Å². The molecule has 2 aromatic rings. The van der Waals surface area contributed by atoms with Crippen LogP contribution < -0.4 is 5.56 Å². The van der Waals surface area contributed by atoms with Gasteiger partial charge in [0, 0.05) is 24.7 Å². The molecule has 7 heteroatoms. The Balaban J connectivity index is 1.68. The third-order valence-electron chi connectivity index (χ3n) is 3.89. The molecule has 1 aromatic carbocycles. The van der Waals surface area contributed by atoms with Gasteiger partial charge in [0.25, 0.3) is 5.56 Å². The Morgan fingerprint density at radius 2 is 1.96 bits per heavy atom. The number of nitrogens with one attached hydrogen (secondary N) is 1. The van der Waals surface area contributed by atoms with Gasteiger partial charge in [0.15, 0.2) is 5.16 Å². The number of rotatable bonds is 4. The smallest absolute Gasteiger partial charge is 0.252 e. The zero-order chi connectivity index (χ0) is 17.8. The summed E-state index contributed by atoms with van der Waals surface area (Å²) in [7, 11) is 0. The molecule has 0 bridgehead atoms. The summed E-state index contributed by atoms with van der Waals surface area (Å²) in [5, 5.41) is 0.453. The standard InChI is InChI=1S/C18H21N3O3S/c1-12-9-21(10-13(2)24-12)17(23)11-25-18-19-15(8-16(22)20-18)14-6-4-3-5-7-14/h3-8,12-13H,9-11H2,1-2H3,(H,19,20,22)/t12-,13-/m1/s1. The van der Waals surface area contributed by atoms with Crippen LogP contribution in [0, 0.1) is 0 Å². The molecular weight excluding hydrogens is 338 g/mol. The van der Waals surface area contributed by atoms with Gasteiger partial charge in [-0.15, -0.1) is 0 Å². The summed E-state index contributed by atoms with van der Waals surface area (Å²) < 4.78 is 5.65. The first-order valence-corrected chi connectivity index (χ1v) is 9.22. The number of hydrogen-bond acceptors (Lipinski definition) is 5. The summed E-state index contributed by atoms with van der Waals surface area (Å²) in [6.45, 7) is 5.12. The summed E-state index contributed by atoms with van der Waals surface area (Å²) in [6, 6.07) is 11.0. The van der Waals surface area contributed by atoms with Crippen LogP contribution in [-0.2, 0) is 9.53 Å². The van der Waals surface area contributed by atoms with Crippen molar-refractivity contribution in [2.45, 2.75) is 31.2 Å². The maximum atomic E-state index is 12.4. The predicted molar refractivity (Wildman–Crippen MR) is 97.6 cm³/mol. The molecule has 1 amide bonds. The Labute approximate surface area is 150 Å². The van der Waals surface area contributed by atoms with Gasteiger partial charge in [0.2, 0.25) is 5.91 Å². The first-order chi connectivity index (χ1) is 12.0. The number of benzene rings is 1. The third-order valence-corrected chi connectivity index (χ3v) is 4.75. The fourth-order valence-electron chi connectivity index (χ4n) is 2.86. The summed E-state index contributed by atoms with van der Waals surface area (Å²) in [5.41, 5.74) is 1.25. The second-order valence-electron chi connectivity index (χ2n) is 6.15. The van der Waals surface area contributed by atoms with E-state index in [1.807, 2.05) is 49.1 Å². The molecule has 25 heavy (non-hydrogen) atoms. The molecule has 0 radical (unpaired) electrons. The van der Waals surface area contributed by atoms with Crippen LogP contribution in [0.2, 0.25) is 0 Å². The number of aromatic amines is 1. The lowest BCUT2D eigenvalue weighted by Crippen LogP contribution is -2.48. The van der Waals surface area contributed by atoms with E-state index in [0.29, 0.717) is 23.9 Å². The highest BCUT2D eigenvalue weighted by atomic mass is 32.2. The SMILES string of the molecule is C[C@@H]1CN(C(=O)CSc2nc(-c3ccccc3)cc(=O)[nH]2)C[C@@H](C)O1. The number of amides is 1. The largest absolute Gasteiger partial charge is 0.372 e. The van der Waals surface area contributed by atoms with E-state index >= 15 is 0 Å². The molecule has 0 aliphatic carbocycles. The van der Waals surface area contributed by atoms with Gasteiger partial charge in [0.05, 0.1) is 23.7 Å². The van der Waals surface area contributed by atoms with Crippen molar-refractivity contribution >= 4 is 17.7 Å². The zero-order valence-electron chi connectivity index (χ0n) is 14.3. The van der Waals surface area contributed by atoms with Gasteiger partial charge < -0.3 is 14.6 Å². The Morgan fingerprint density at radius 1 is 1.28 bits per heavy atom. The van der Waals surface area contributed by atoms with Crippen LogP contribution in [0.1, 0.15) is 13.8 Å². The highest BCUT2D eigenvalue weighted by Crippen LogP contribution is 2.19. The molecule has 2 atom stereocenters. The molecule has 1 aromatic heterocycles. The first-order valence-electron chi connectivity index (χ1n) is 8.24. The number of carbonyl (C=O) groups is 1. The van der Waals surface area contributed by atoms with Crippen molar-refractivity contribution in [2.75, 3.05) is 18.8 Å². The number of H-pyrrole nitrogens is 1. The number of thioether (sulfide) groups is 1. The molecule has 132 valence electrons. The minimum absolute atomic E-state index is 0.0276. The molecule has 2 heterocycles. The van der Waals surface area contributed by atoms with E-state index in [0.717, 1.165) is 5.56 Å². The Bertz CT molecular complexity index is 784. The van der Waals surface area contributed by atoms with Crippen LogP contribution >= 0.6 is 11.8 Å². The van der Waals surface area contributed by atoms with Crippen molar-refractivity contribution in [1.29, 1.82) is 0 Å². The van der Waals surface area contributed by atoms with Crippen molar-refractivity contribution in [3.05, 3.63) is 46.8 Å². The van der Waals surface area contributed by atoms with E-state index < -0.39 is 0 Å². The van der Waals surface area contributed by atoms with Crippen molar-refractivity contribution in [1.82, 2.24) is 14.9 Å². The lowest BCUT2D eigenvalue weighted by molar-refractivity contribution is -0.140. The number of carbonyl (C=O) groups excluding carboxylic acids is 1. The van der Waals surface area contributed by atoms with Gasteiger partial charge in [-0.3, -0.25) is 9.59 Å². The fourth-order valence-corrected chi connectivity index (χ4v) is 3.64. The fraction of sp³-hybridized carbons (Fsp3) is 0.389. The first kappa shape index (κ1) is 17.7. The summed E-state index contributed by atoms with van der Waals surface area (Å²) >= 11 is 1.25. The third kappa shape index (κ3) is 4.70. The van der Waals surface area contributed by atoms with Gasteiger partial charge in [-0.05, 0) is 13.8 Å². The molecule has 3 rings (SSSR count). The monoisotopic (exact) mass is 359 g/mol. The molecular formula is C18H21N3O3S. The second kappa shape index (κ2) is 7.84. The van der Waals surface area contributed by atoms with Crippen molar-refractivity contribution in [3.8, 4) is 11.3 Å².